The lowest BCUT2D eigenvalue weighted by Crippen LogP contribution is -2.60. The van der Waals surface area contributed by atoms with E-state index in [1.54, 1.807) is 0 Å². The summed E-state index contributed by atoms with van der Waals surface area (Å²) in [4.78, 5) is 11.3. The highest BCUT2D eigenvalue weighted by molar-refractivity contribution is 5.59. The maximum atomic E-state index is 11.3. The number of nitrogens with zero attached hydrogens (tertiary/aromatic N) is 2. The molecule has 34 heavy (non-hydrogen) atoms. The van der Waals surface area contributed by atoms with E-state index in [0.29, 0.717) is 6.42 Å². The Kier molecular flexibility index (Phi) is 8.53. The van der Waals surface area contributed by atoms with Crippen LogP contribution in [0.15, 0.2) is 24.3 Å². The van der Waals surface area contributed by atoms with Gasteiger partial charge in [-0.3, -0.25) is 4.68 Å². The lowest BCUT2D eigenvalue weighted by atomic mass is 9.99. The summed E-state index contributed by atoms with van der Waals surface area (Å²) in [6, 6.07) is 8.33. The quantitative estimate of drug-likeness (QED) is 0.487. The van der Waals surface area contributed by atoms with Gasteiger partial charge in [-0.05, 0) is 38.3 Å². The molecule has 0 radical (unpaired) electrons. The van der Waals surface area contributed by atoms with Gasteiger partial charge in [0.25, 0.3) is 0 Å². The normalized spacial score (nSPS) is 24.8. The highest BCUT2D eigenvalue weighted by Gasteiger charge is 2.46. The second kappa shape index (κ2) is 11.2. The van der Waals surface area contributed by atoms with Crippen molar-refractivity contribution in [1.82, 2.24) is 9.78 Å². The SMILES string of the molecule is CCc1ccc(Cc2c(OC3OC(COC(=O)OC)C(O)C(O)C3O)nn(C(C)C)c2C)cc1. The van der Waals surface area contributed by atoms with Gasteiger partial charge in [-0.25, -0.2) is 4.79 Å². The third kappa shape index (κ3) is 5.69. The fraction of sp³-hybridized carbons (Fsp3) is 0.583. The summed E-state index contributed by atoms with van der Waals surface area (Å²) in [5, 5.41) is 35.7. The zero-order valence-corrected chi connectivity index (χ0v) is 20.2. The van der Waals surface area contributed by atoms with Crippen LogP contribution < -0.4 is 4.74 Å². The maximum absolute atomic E-state index is 11.3. The van der Waals surface area contributed by atoms with Crippen molar-refractivity contribution in [3.8, 4) is 5.88 Å². The molecule has 188 valence electrons. The average Bonchev–Trinajstić information content (AvgIpc) is 3.13. The van der Waals surface area contributed by atoms with Crippen LogP contribution in [0.3, 0.4) is 0 Å². The Bertz CT molecular complexity index is 959. The van der Waals surface area contributed by atoms with Crippen molar-refractivity contribution in [3.63, 3.8) is 0 Å². The van der Waals surface area contributed by atoms with E-state index >= 15 is 0 Å². The van der Waals surface area contributed by atoms with E-state index in [4.69, 9.17) is 14.2 Å². The molecule has 1 aliphatic rings. The molecule has 1 fully saturated rings. The molecule has 1 aromatic carbocycles. The summed E-state index contributed by atoms with van der Waals surface area (Å²) in [5.74, 6) is 0.256. The van der Waals surface area contributed by atoms with Crippen LogP contribution in [0.2, 0.25) is 0 Å². The average molecular weight is 479 g/mol. The first-order chi connectivity index (χ1) is 16.2. The molecule has 1 aliphatic heterocycles. The molecule has 0 aliphatic carbocycles. The molecular weight excluding hydrogens is 444 g/mol. The van der Waals surface area contributed by atoms with Gasteiger partial charge in [0, 0.05) is 23.7 Å². The van der Waals surface area contributed by atoms with Gasteiger partial charge < -0.3 is 34.3 Å². The smallest absolute Gasteiger partial charge is 0.443 e. The summed E-state index contributed by atoms with van der Waals surface area (Å²) in [6.07, 6.45) is -6.58. The van der Waals surface area contributed by atoms with E-state index in [-0.39, 0.29) is 11.9 Å². The minimum absolute atomic E-state index is 0.0596. The van der Waals surface area contributed by atoms with Crippen molar-refractivity contribution in [3.05, 3.63) is 46.6 Å². The summed E-state index contributed by atoms with van der Waals surface area (Å²) in [5.41, 5.74) is 4.03. The van der Waals surface area contributed by atoms with Crippen LogP contribution >= 0.6 is 0 Å². The van der Waals surface area contributed by atoms with E-state index < -0.39 is 43.5 Å². The standard InChI is InChI=1S/C24H34N2O8/c1-6-15-7-9-16(10-8-15)11-17-14(4)26(13(2)3)25-22(17)34-23-21(29)20(28)19(27)18(33-23)12-32-24(30)31-5/h7-10,13,18-21,23,27-29H,6,11-12H2,1-5H3. The maximum Gasteiger partial charge on any atom is 0.508 e. The molecule has 1 saturated heterocycles. The summed E-state index contributed by atoms with van der Waals surface area (Å²) >= 11 is 0. The van der Waals surface area contributed by atoms with Crippen LogP contribution in [0.25, 0.3) is 0 Å². The number of hydrogen-bond acceptors (Lipinski definition) is 9. The number of aliphatic hydroxyl groups is 3. The van der Waals surface area contributed by atoms with Gasteiger partial charge in [-0.1, -0.05) is 31.2 Å². The predicted octanol–water partition coefficient (Wildman–Crippen LogP) is 1.90. The highest BCUT2D eigenvalue weighted by Crippen LogP contribution is 2.30. The van der Waals surface area contributed by atoms with Crippen LogP contribution in [0.1, 0.15) is 49.2 Å². The van der Waals surface area contributed by atoms with Gasteiger partial charge in [-0.15, -0.1) is 5.10 Å². The number of methoxy groups -OCH3 is 1. The first kappa shape index (κ1) is 26.0. The zero-order chi connectivity index (χ0) is 25.0. The number of aryl methyl sites for hydroxylation is 1. The molecule has 5 atom stereocenters. The second-order valence-corrected chi connectivity index (χ2v) is 8.65. The molecular formula is C24H34N2O8. The van der Waals surface area contributed by atoms with Crippen molar-refractivity contribution in [2.45, 2.75) is 77.3 Å². The summed E-state index contributed by atoms with van der Waals surface area (Å²) in [7, 11) is 1.15. The third-order valence-corrected chi connectivity index (χ3v) is 5.97. The number of aromatic nitrogens is 2. The second-order valence-electron chi connectivity index (χ2n) is 8.65. The largest absolute Gasteiger partial charge is 0.508 e. The summed E-state index contributed by atoms with van der Waals surface area (Å²) < 4.78 is 22.7. The van der Waals surface area contributed by atoms with Gasteiger partial charge in [0.2, 0.25) is 12.2 Å². The molecule has 0 bridgehead atoms. The monoisotopic (exact) mass is 478 g/mol. The van der Waals surface area contributed by atoms with E-state index in [1.165, 1.54) is 5.56 Å². The Morgan fingerprint density at radius 1 is 1.12 bits per heavy atom. The molecule has 1 aromatic heterocycles. The first-order valence-corrected chi connectivity index (χ1v) is 11.4. The molecule has 2 aromatic rings. The van der Waals surface area contributed by atoms with Gasteiger partial charge in [-0.2, -0.15) is 0 Å². The van der Waals surface area contributed by atoms with Crippen LogP contribution in [0.5, 0.6) is 5.88 Å². The van der Waals surface area contributed by atoms with Gasteiger partial charge in [0.05, 0.1) is 7.11 Å². The predicted molar refractivity (Wildman–Crippen MR) is 122 cm³/mol. The van der Waals surface area contributed by atoms with E-state index in [9.17, 15) is 20.1 Å². The number of hydrogen-bond donors (Lipinski definition) is 3. The van der Waals surface area contributed by atoms with Gasteiger partial charge >= 0.3 is 6.16 Å². The van der Waals surface area contributed by atoms with Crippen LogP contribution in [0, 0.1) is 6.92 Å². The van der Waals surface area contributed by atoms with Crippen LogP contribution in [-0.2, 0) is 27.1 Å². The Balaban J connectivity index is 1.85. The number of carbonyl (C=O) groups excluding carboxylic acids is 1. The summed E-state index contributed by atoms with van der Waals surface area (Å²) in [6.45, 7) is 7.64. The van der Waals surface area contributed by atoms with E-state index in [1.807, 2.05) is 25.5 Å². The van der Waals surface area contributed by atoms with E-state index in [2.05, 4.69) is 41.0 Å². The molecule has 3 N–H and O–H groups in total. The lowest BCUT2D eigenvalue weighted by Gasteiger charge is -2.39. The number of aliphatic hydroxyl groups excluding tert-OH is 3. The molecule has 2 heterocycles. The van der Waals surface area contributed by atoms with Crippen LogP contribution in [0.4, 0.5) is 4.79 Å². The number of carbonyl (C=O) groups is 1. The molecule has 5 unspecified atom stereocenters. The topological polar surface area (TPSA) is 133 Å². The fourth-order valence-corrected chi connectivity index (χ4v) is 3.89. The third-order valence-electron chi connectivity index (χ3n) is 5.97. The Morgan fingerprint density at radius 2 is 1.76 bits per heavy atom. The van der Waals surface area contributed by atoms with Crippen molar-refractivity contribution >= 4 is 6.16 Å². The molecule has 3 rings (SSSR count). The molecule has 10 heteroatoms. The van der Waals surface area contributed by atoms with Crippen molar-refractivity contribution < 1.29 is 39.1 Å². The Hall–Kier alpha value is -2.66. The lowest BCUT2D eigenvalue weighted by molar-refractivity contribution is -0.278. The highest BCUT2D eigenvalue weighted by atomic mass is 16.7. The fourth-order valence-electron chi connectivity index (χ4n) is 3.89. The first-order valence-electron chi connectivity index (χ1n) is 11.4. The molecule has 10 nitrogen and oxygen atoms in total. The van der Waals surface area contributed by atoms with Crippen LogP contribution in [-0.4, -0.2) is 75.7 Å². The zero-order valence-electron chi connectivity index (χ0n) is 20.2. The van der Waals surface area contributed by atoms with E-state index in [0.717, 1.165) is 30.4 Å². The number of benzene rings is 1. The number of rotatable bonds is 8. The van der Waals surface area contributed by atoms with Gasteiger partial charge in [0.1, 0.15) is 31.0 Å². The molecule has 0 amide bonds. The van der Waals surface area contributed by atoms with Crippen molar-refractivity contribution in [2.24, 2.45) is 0 Å². The Morgan fingerprint density at radius 3 is 2.35 bits per heavy atom. The molecule has 0 spiro atoms. The Labute approximate surface area is 199 Å². The van der Waals surface area contributed by atoms with Crippen molar-refractivity contribution in [2.75, 3.05) is 13.7 Å². The molecule has 0 saturated carbocycles. The van der Waals surface area contributed by atoms with Gasteiger partial charge in [0.15, 0.2) is 0 Å². The minimum atomic E-state index is -1.58. The number of ether oxygens (including phenoxy) is 4. The minimum Gasteiger partial charge on any atom is -0.443 e. The van der Waals surface area contributed by atoms with Crippen molar-refractivity contribution in [1.29, 1.82) is 0 Å².